The van der Waals surface area contributed by atoms with E-state index in [-0.39, 0.29) is 11.7 Å². The summed E-state index contributed by atoms with van der Waals surface area (Å²) in [6, 6.07) is 21.7. The fraction of sp³-hybridized carbons (Fsp3) is 0. The van der Waals surface area contributed by atoms with Gasteiger partial charge in [0.2, 0.25) is 0 Å². The SMILES string of the molecule is O=C(NN=Cc1c2ccccc2c(Cl)c2ccccc12)c1ccc(O)cc1. The van der Waals surface area contributed by atoms with Crippen LogP contribution in [0.1, 0.15) is 15.9 Å². The van der Waals surface area contributed by atoms with Gasteiger partial charge < -0.3 is 5.11 Å². The van der Waals surface area contributed by atoms with Gasteiger partial charge in [-0.25, -0.2) is 5.43 Å². The monoisotopic (exact) mass is 374 g/mol. The van der Waals surface area contributed by atoms with Crippen LogP contribution in [0.4, 0.5) is 0 Å². The molecule has 1 amide bonds. The van der Waals surface area contributed by atoms with Crippen LogP contribution in [0.2, 0.25) is 5.02 Å². The van der Waals surface area contributed by atoms with E-state index in [1.54, 1.807) is 6.21 Å². The number of aromatic hydroxyl groups is 1. The van der Waals surface area contributed by atoms with Crippen molar-refractivity contribution in [3.8, 4) is 5.75 Å². The third-order valence-corrected chi connectivity index (χ3v) is 4.80. The van der Waals surface area contributed by atoms with Crippen LogP contribution in [0.25, 0.3) is 21.5 Å². The van der Waals surface area contributed by atoms with Crippen LogP contribution in [0.15, 0.2) is 77.9 Å². The second-order valence-electron chi connectivity index (χ2n) is 6.06. The third-order valence-electron chi connectivity index (χ3n) is 4.40. The summed E-state index contributed by atoms with van der Waals surface area (Å²) in [7, 11) is 0. The molecule has 5 heteroatoms. The van der Waals surface area contributed by atoms with Crippen LogP contribution in [0.3, 0.4) is 0 Å². The smallest absolute Gasteiger partial charge is 0.271 e. The largest absolute Gasteiger partial charge is 0.508 e. The summed E-state index contributed by atoms with van der Waals surface area (Å²) in [5, 5.41) is 17.9. The second-order valence-corrected chi connectivity index (χ2v) is 6.44. The molecule has 132 valence electrons. The van der Waals surface area contributed by atoms with Crippen molar-refractivity contribution in [2.24, 2.45) is 5.10 Å². The van der Waals surface area contributed by atoms with Gasteiger partial charge in [0, 0.05) is 21.9 Å². The number of phenols is 1. The Kier molecular flexibility index (Phi) is 4.48. The third kappa shape index (κ3) is 3.23. The maximum absolute atomic E-state index is 12.2. The highest BCUT2D eigenvalue weighted by Crippen LogP contribution is 2.35. The van der Waals surface area contributed by atoms with Gasteiger partial charge in [-0.2, -0.15) is 5.10 Å². The van der Waals surface area contributed by atoms with Crippen molar-refractivity contribution in [1.29, 1.82) is 0 Å². The topological polar surface area (TPSA) is 61.7 Å². The quantitative estimate of drug-likeness (QED) is 0.297. The van der Waals surface area contributed by atoms with Gasteiger partial charge in [-0.3, -0.25) is 4.79 Å². The molecule has 0 heterocycles. The Morgan fingerprint density at radius 1 is 0.852 bits per heavy atom. The fourth-order valence-electron chi connectivity index (χ4n) is 3.08. The van der Waals surface area contributed by atoms with E-state index >= 15 is 0 Å². The van der Waals surface area contributed by atoms with Gasteiger partial charge in [-0.1, -0.05) is 60.1 Å². The van der Waals surface area contributed by atoms with Crippen molar-refractivity contribution < 1.29 is 9.90 Å². The number of benzene rings is 4. The van der Waals surface area contributed by atoms with Gasteiger partial charge in [-0.15, -0.1) is 0 Å². The first kappa shape index (κ1) is 17.1. The number of nitrogens with zero attached hydrogens (tertiary/aromatic N) is 1. The molecule has 0 aliphatic heterocycles. The van der Waals surface area contributed by atoms with Gasteiger partial charge >= 0.3 is 0 Å². The molecule has 0 aliphatic carbocycles. The average Bonchev–Trinajstić information content (AvgIpc) is 2.71. The molecule has 0 radical (unpaired) electrons. The average molecular weight is 375 g/mol. The summed E-state index contributed by atoms with van der Waals surface area (Å²) in [6.45, 7) is 0. The summed E-state index contributed by atoms with van der Waals surface area (Å²) in [6.07, 6.45) is 1.64. The Bertz CT molecular complexity index is 1130. The number of hydrogen-bond donors (Lipinski definition) is 2. The van der Waals surface area contributed by atoms with E-state index in [9.17, 15) is 9.90 Å². The zero-order valence-electron chi connectivity index (χ0n) is 14.2. The molecule has 4 nitrogen and oxygen atoms in total. The van der Waals surface area contributed by atoms with E-state index in [1.165, 1.54) is 24.3 Å². The molecule has 4 rings (SSSR count). The van der Waals surface area contributed by atoms with Crippen molar-refractivity contribution in [2.45, 2.75) is 0 Å². The number of halogens is 1. The van der Waals surface area contributed by atoms with Crippen molar-refractivity contribution in [2.75, 3.05) is 0 Å². The predicted octanol–water partition coefficient (Wildman–Crippen LogP) is 5.12. The lowest BCUT2D eigenvalue weighted by Crippen LogP contribution is -2.17. The molecule has 0 bridgehead atoms. The normalized spacial score (nSPS) is 11.3. The minimum atomic E-state index is -0.353. The molecule has 0 atom stereocenters. The molecule has 4 aromatic rings. The molecule has 0 aromatic heterocycles. The molecule has 0 saturated heterocycles. The van der Waals surface area contributed by atoms with Crippen LogP contribution < -0.4 is 5.43 Å². The number of carbonyl (C=O) groups excluding carboxylic acids is 1. The Hall–Kier alpha value is -3.37. The highest BCUT2D eigenvalue weighted by molar-refractivity contribution is 6.42. The van der Waals surface area contributed by atoms with Crippen LogP contribution in [0.5, 0.6) is 5.75 Å². The molecule has 2 N–H and O–H groups in total. The summed E-state index contributed by atoms with van der Waals surface area (Å²) in [5.74, 6) is -0.247. The first-order chi connectivity index (χ1) is 13.1. The maximum atomic E-state index is 12.2. The molecule has 27 heavy (non-hydrogen) atoms. The minimum Gasteiger partial charge on any atom is -0.508 e. The number of amides is 1. The fourth-order valence-corrected chi connectivity index (χ4v) is 3.41. The summed E-state index contributed by atoms with van der Waals surface area (Å²) in [4.78, 5) is 12.2. The number of hydrazone groups is 1. The second kappa shape index (κ2) is 7.09. The lowest BCUT2D eigenvalue weighted by Gasteiger charge is -2.10. The number of phenolic OH excluding ortho intramolecular Hbond substituents is 1. The molecule has 0 saturated carbocycles. The van der Waals surface area contributed by atoms with Crippen LogP contribution >= 0.6 is 11.6 Å². The molecule has 0 unspecified atom stereocenters. The van der Waals surface area contributed by atoms with E-state index < -0.39 is 0 Å². The number of rotatable bonds is 3. The Morgan fingerprint density at radius 3 is 1.93 bits per heavy atom. The first-order valence-corrected chi connectivity index (χ1v) is 8.74. The molecule has 0 spiro atoms. The van der Waals surface area contributed by atoms with Crippen molar-refractivity contribution in [3.05, 3.63) is 88.9 Å². The van der Waals surface area contributed by atoms with E-state index in [4.69, 9.17) is 11.6 Å². The number of carbonyl (C=O) groups is 1. The van der Waals surface area contributed by atoms with Gasteiger partial charge in [-0.05, 0) is 35.0 Å². The Balaban J connectivity index is 1.74. The van der Waals surface area contributed by atoms with Gasteiger partial charge in [0.15, 0.2) is 0 Å². The van der Waals surface area contributed by atoms with Crippen LogP contribution in [0, 0.1) is 0 Å². The molecular formula is C22H15ClN2O2. The van der Waals surface area contributed by atoms with E-state index in [2.05, 4.69) is 10.5 Å². The number of fused-ring (bicyclic) bond motifs is 2. The maximum Gasteiger partial charge on any atom is 0.271 e. The van der Waals surface area contributed by atoms with E-state index in [1.807, 2.05) is 48.5 Å². The highest BCUT2D eigenvalue weighted by atomic mass is 35.5. The van der Waals surface area contributed by atoms with Crippen molar-refractivity contribution in [3.63, 3.8) is 0 Å². The predicted molar refractivity (Wildman–Crippen MR) is 110 cm³/mol. The lowest BCUT2D eigenvalue weighted by molar-refractivity contribution is 0.0955. The van der Waals surface area contributed by atoms with E-state index in [0.717, 1.165) is 27.1 Å². The molecule has 0 aliphatic rings. The summed E-state index contributed by atoms with van der Waals surface area (Å²) in [5.41, 5.74) is 3.83. The summed E-state index contributed by atoms with van der Waals surface area (Å²) < 4.78 is 0. The first-order valence-electron chi connectivity index (χ1n) is 8.36. The van der Waals surface area contributed by atoms with Gasteiger partial charge in [0.1, 0.15) is 5.75 Å². The minimum absolute atomic E-state index is 0.106. The standard InChI is InChI=1S/C22H15ClN2O2/c23-21-18-7-3-1-5-16(18)20(17-6-2-4-8-19(17)21)13-24-25-22(27)14-9-11-15(26)12-10-14/h1-13,26H,(H,25,27). The number of hydrogen-bond acceptors (Lipinski definition) is 3. The van der Waals surface area contributed by atoms with E-state index in [0.29, 0.717) is 10.6 Å². The lowest BCUT2D eigenvalue weighted by atomic mass is 9.97. The van der Waals surface area contributed by atoms with Crippen LogP contribution in [-0.2, 0) is 0 Å². The zero-order chi connectivity index (χ0) is 18.8. The molecular weight excluding hydrogens is 360 g/mol. The highest BCUT2D eigenvalue weighted by Gasteiger charge is 2.11. The van der Waals surface area contributed by atoms with Gasteiger partial charge in [0.25, 0.3) is 5.91 Å². The van der Waals surface area contributed by atoms with Crippen molar-refractivity contribution in [1.82, 2.24) is 5.43 Å². The molecule has 0 fully saturated rings. The number of nitrogens with one attached hydrogen (secondary N) is 1. The van der Waals surface area contributed by atoms with Gasteiger partial charge in [0.05, 0.1) is 11.2 Å². The zero-order valence-corrected chi connectivity index (χ0v) is 14.9. The Labute approximate surface area is 160 Å². The molecule has 4 aromatic carbocycles. The summed E-state index contributed by atoms with van der Waals surface area (Å²) >= 11 is 6.59. The van der Waals surface area contributed by atoms with Crippen molar-refractivity contribution >= 4 is 45.3 Å². The Morgan fingerprint density at radius 2 is 1.37 bits per heavy atom. The van der Waals surface area contributed by atoms with Crippen LogP contribution in [-0.4, -0.2) is 17.2 Å².